The minimum Gasteiger partial charge on any atom is -0.380 e. The molecule has 0 N–H and O–H groups in total. The highest BCUT2D eigenvalue weighted by Crippen LogP contribution is 2.30. The highest BCUT2D eigenvalue weighted by Gasteiger charge is 2.24. The van der Waals surface area contributed by atoms with Gasteiger partial charge >= 0.3 is 0 Å². The summed E-state index contributed by atoms with van der Waals surface area (Å²) in [5.74, 6) is 1.16. The maximum absolute atomic E-state index is 13.2. The minimum absolute atomic E-state index is 0.0169. The number of halogens is 2. The Morgan fingerprint density at radius 2 is 1.74 bits per heavy atom. The summed E-state index contributed by atoms with van der Waals surface area (Å²) in [6.45, 7) is 9.53. The summed E-state index contributed by atoms with van der Waals surface area (Å²) < 4.78 is 8.00. The van der Waals surface area contributed by atoms with Crippen LogP contribution in [-0.2, 0) is 11.3 Å². The summed E-state index contributed by atoms with van der Waals surface area (Å²) in [5.41, 5.74) is 3.96. The third-order valence-electron chi connectivity index (χ3n) is 8.24. The second-order valence-electron chi connectivity index (χ2n) is 11.1. The Labute approximate surface area is 264 Å². The van der Waals surface area contributed by atoms with Gasteiger partial charge in [0.1, 0.15) is 0 Å². The zero-order chi connectivity index (χ0) is 30.2. The van der Waals surface area contributed by atoms with Gasteiger partial charge in [-0.2, -0.15) is 0 Å². The van der Waals surface area contributed by atoms with Crippen molar-refractivity contribution in [2.24, 2.45) is 0 Å². The fourth-order valence-corrected chi connectivity index (χ4v) is 6.21. The van der Waals surface area contributed by atoms with Gasteiger partial charge in [-0.05, 0) is 74.8 Å². The van der Waals surface area contributed by atoms with Crippen LogP contribution in [0.15, 0.2) is 72.8 Å². The third kappa shape index (κ3) is 7.90. The molecular weight excluding hydrogens is 581 g/mol. The fourth-order valence-electron chi connectivity index (χ4n) is 5.90. The predicted molar refractivity (Wildman–Crippen MR) is 177 cm³/mol. The van der Waals surface area contributed by atoms with Crippen LogP contribution in [0.4, 0.5) is 5.95 Å². The molecule has 0 aliphatic carbocycles. The van der Waals surface area contributed by atoms with Crippen molar-refractivity contribution in [3.05, 3.63) is 94.0 Å². The van der Waals surface area contributed by atoms with Crippen molar-refractivity contribution in [1.82, 2.24) is 19.4 Å². The Hall–Kier alpha value is -3.10. The van der Waals surface area contributed by atoms with Gasteiger partial charge in [0.2, 0.25) is 5.95 Å². The molecule has 1 aliphatic rings. The van der Waals surface area contributed by atoms with Crippen molar-refractivity contribution in [1.29, 1.82) is 0 Å². The number of rotatable bonds is 12. The van der Waals surface area contributed by atoms with E-state index in [-0.39, 0.29) is 11.8 Å². The van der Waals surface area contributed by atoms with Gasteiger partial charge in [0.05, 0.1) is 27.7 Å². The van der Waals surface area contributed by atoms with E-state index in [9.17, 15) is 4.79 Å². The van der Waals surface area contributed by atoms with Crippen LogP contribution in [0, 0.1) is 0 Å². The molecule has 0 saturated carbocycles. The largest absolute Gasteiger partial charge is 0.380 e. The third-order valence-corrected chi connectivity index (χ3v) is 8.98. The number of benzene rings is 3. The molecule has 4 aromatic rings. The average Bonchev–Trinajstić information content (AvgIpc) is 3.22. The normalized spacial score (nSPS) is 15.0. The van der Waals surface area contributed by atoms with E-state index in [1.165, 1.54) is 0 Å². The highest BCUT2D eigenvalue weighted by atomic mass is 35.5. The van der Waals surface area contributed by atoms with Gasteiger partial charge < -0.3 is 24.0 Å². The van der Waals surface area contributed by atoms with E-state index in [0.29, 0.717) is 35.4 Å². The van der Waals surface area contributed by atoms with Gasteiger partial charge in [0, 0.05) is 57.9 Å². The molecule has 5 rings (SSSR count). The maximum Gasteiger partial charge on any atom is 0.253 e. The molecule has 0 spiro atoms. The Kier molecular flexibility index (Phi) is 11.0. The monoisotopic (exact) mass is 621 g/mol. The number of aromatic nitrogens is 2. The first-order chi connectivity index (χ1) is 20.9. The van der Waals surface area contributed by atoms with E-state index in [4.69, 9.17) is 32.9 Å². The molecule has 2 heterocycles. The molecule has 1 aromatic heterocycles. The number of carbonyl (C=O) groups is 1. The number of carbonyl (C=O) groups excluding carboxylic acids is 1. The number of amides is 1. The van der Waals surface area contributed by atoms with E-state index >= 15 is 0 Å². The molecule has 228 valence electrons. The topological polar surface area (TPSA) is 53.8 Å². The fraction of sp³-hybridized carbons (Fsp3) is 0.412. The van der Waals surface area contributed by atoms with Crippen LogP contribution in [0.5, 0.6) is 0 Å². The van der Waals surface area contributed by atoms with Crippen LogP contribution in [0.2, 0.25) is 10.0 Å². The summed E-state index contributed by atoms with van der Waals surface area (Å²) in [6.07, 6.45) is 1.95. The van der Waals surface area contributed by atoms with Crippen LogP contribution in [0.25, 0.3) is 11.0 Å². The smallest absolute Gasteiger partial charge is 0.253 e. The summed E-state index contributed by atoms with van der Waals surface area (Å²) >= 11 is 12.7. The van der Waals surface area contributed by atoms with Crippen molar-refractivity contribution in [3.63, 3.8) is 0 Å². The molecular formula is C34H41Cl2N5O2. The second kappa shape index (κ2) is 15.1. The van der Waals surface area contributed by atoms with Crippen LogP contribution in [-0.4, -0.2) is 84.8 Å². The van der Waals surface area contributed by atoms with Gasteiger partial charge in [0.15, 0.2) is 0 Å². The number of hydrogen-bond acceptors (Lipinski definition) is 5. The zero-order valence-corrected chi connectivity index (χ0v) is 26.6. The number of imidazole rings is 1. The second-order valence-corrected chi connectivity index (χ2v) is 12.0. The lowest BCUT2D eigenvalue weighted by Crippen LogP contribution is -2.35. The number of likely N-dealkylation sites (N-methyl/N-ethyl adjacent to an activating group) is 1. The Bertz CT molecular complexity index is 1490. The predicted octanol–water partition coefficient (Wildman–Crippen LogP) is 6.84. The molecule has 9 heteroatoms. The molecule has 43 heavy (non-hydrogen) atoms. The Morgan fingerprint density at radius 3 is 2.53 bits per heavy atom. The number of hydrogen-bond donors (Lipinski definition) is 0. The molecule has 1 unspecified atom stereocenters. The summed E-state index contributed by atoms with van der Waals surface area (Å²) in [7, 11) is 1.88. The average molecular weight is 623 g/mol. The minimum atomic E-state index is 0.0169. The van der Waals surface area contributed by atoms with E-state index in [1.54, 1.807) is 0 Å². The van der Waals surface area contributed by atoms with Gasteiger partial charge in [0.25, 0.3) is 5.91 Å². The SMILES string of the molecule is CCOCCn1c(N2CCCN(CCC(CN(C)C(=O)c3ccccc3)c3ccc(Cl)c(Cl)c3)CC2)nc2ccccc21. The first-order valence-corrected chi connectivity index (χ1v) is 16.0. The lowest BCUT2D eigenvalue weighted by atomic mass is 9.94. The summed E-state index contributed by atoms with van der Waals surface area (Å²) in [5, 5.41) is 1.08. The van der Waals surface area contributed by atoms with E-state index in [1.807, 2.05) is 73.5 Å². The Balaban J connectivity index is 1.27. The molecule has 1 aliphatic heterocycles. The first kappa shape index (κ1) is 31.3. The number of para-hydroxylation sites is 2. The van der Waals surface area contributed by atoms with Crippen LogP contribution >= 0.6 is 23.2 Å². The van der Waals surface area contributed by atoms with Gasteiger partial charge in [-0.25, -0.2) is 4.98 Å². The standard InChI is InChI=1S/C34H41Cl2N5O2/c1-3-43-23-22-41-32-13-8-7-12-31(32)37-34(41)40-18-9-17-39(20-21-40)19-16-28(27-14-15-29(35)30(36)24-27)25-38(2)33(42)26-10-5-4-6-11-26/h4-8,10-15,24,28H,3,9,16-23,25H2,1-2H3. The van der Waals surface area contributed by atoms with Gasteiger partial charge in [-0.3, -0.25) is 4.79 Å². The van der Waals surface area contributed by atoms with Gasteiger partial charge in [-0.15, -0.1) is 0 Å². The molecule has 1 saturated heterocycles. The number of ether oxygens (including phenoxy) is 1. The molecule has 0 radical (unpaired) electrons. The van der Waals surface area contributed by atoms with E-state index < -0.39 is 0 Å². The zero-order valence-electron chi connectivity index (χ0n) is 25.1. The Morgan fingerprint density at radius 1 is 0.953 bits per heavy atom. The van der Waals surface area contributed by atoms with E-state index in [0.717, 1.165) is 74.7 Å². The number of nitrogens with zero attached hydrogens (tertiary/aromatic N) is 5. The molecule has 0 bridgehead atoms. The van der Waals surface area contributed by atoms with Gasteiger partial charge in [-0.1, -0.05) is 59.6 Å². The van der Waals surface area contributed by atoms with E-state index in [2.05, 4.69) is 32.6 Å². The van der Waals surface area contributed by atoms with Crippen LogP contribution < -0.4 is 4.90 Å². The van der Waals surface area contributed by atoms with Crippen molar-refractivity contribution in [3.8, 4) is 0 Å². The lowest BCUT2D eigenvalue weighted by molar-refractivity contribution is 0.0782. The first-order valence-electron chi connectivity index (χ1n) is 15.2. The molecule has 3 aromatic carbocycles. The van der Waals surface area contributed by atoms with Crippen molar-refractivity contribution in [2.45, 2.75) is 32.2 Å². The van der Waals surface area contributed by atoms with Crippen molar-refractivity contribution in [2.75, 3.05) is 64.4 Å². The summed E-state index contributed by atoms with van der Waals surface area (Å²) in [6, 6.07) is 23.6. The molecule has 7 nitrogen and oxygen atoms in total. The maximum atomic E-state index is 13.2. The molecule has 1 fully saturated rings. The van der Waals surface area contributed by atoms with Crippen LogP contribution in [0.3, 0.4) is 0 Å². The highest BCUT2D eigenvalue weighted by molar-refractivity contribution is 6.42. The number of anilines is 1. The number of fused-ring (bicyclic) bond motifs is 1. The van der Waals surface area contributed by atoms with Crippen molar-refractivity contribution < 1.29 is 9.53 Å². The lowest BCUT2D eigenvalue weighted by Gasteiger charge is -2.28. The van der Waals surface area contributed by atoms with Crippen molar-refractivity contribution >= 4 is 46.1 Å². The molecule has 1 atom stereocenters. The summed E-state index contributed by atoms with van der Waals surface area (Å²) in [4.78, 5) is 25.0. The molecule has 1 amide bonds. The van der Waals surface area contributed by atoms with Crippen LogP contribution in [0.1, 0.15) is 41.6 Å². The quantitative estimate of drug-likeness (QED) is 0.162.